The number of fused-ring (bicyclic) bond motifs is 1. The van der Waals surface area contributed by atoms with Gasteiger partial charge in [0.2, 0.25) is 0 Å². The second kappa shape index (κ2) is 5.75. The van der Waals surface area contributed by atoms with Crippen molar-refractivity contribution in [1.82, 2.24) is 14.7 Å². The Labute approximate surface area is 129 Å². The molecule has 0 bridgehead atoms. The summed E-state index contributed by atoms with van der Waals surface area (Å²) in [5.74, 6) is -0.576. The third-order valence-electron chi connectivity index (χ3n) is 3.30. The smallest absolute Gasteiger partial charge is 0.346 e. The maximum absolute atomic E-state index is 12.7. The summed E-state index contributed by atoms with van der Waals surface area (Å²) < 4.78 is 39.8. The average Bonchev–Trinajstić information content (AvgIpc) is 2.95. The Kier molecular flexibility index (Phi) is 3.77. The molecule has 0 spiro atoms. The molecule has 0 atom stereocenters. The topological polar surface area (TPSA) is 46.4 Å². The second-order valence-electron chi connectivity index (χ2n) is 4.96. The monoisotopic (exact) mass is 319 g/mol. The summed E-state index contributed by atoms with van der Waals surface area (Å²) in [5.41, 5.74) is 0.466. The van der Waals surface area contributed by atoms with E-state index in [9.17, 15) is 18.0 Å². The molecule has 2 heterocycles. The predicted octanol–water partition coefficient (Wildman–Crippen LogP) is 3.28. The molecular weight excluding hydrogens is 307 g/mol. The zero-order chi connectivity index (χ0) is 16.4. The van der Waals surface area contributed by atoms with Crippen LogP contribution in [0.5, 0.6) is 0 Å². The third kappa shape index (κ3) is 3.33. The summed E-state index contributed by atoms with van der Waals surface area (Å²) in [6, 6.07) is 9.82. The molecule has 0 radical (unpaired) electrons. The van der Waals surface area contributed by atoms with Gasteiger partial charge in [0.25, 0.3) is 5.91 Å². The van der Waals surface area contributed by atoms with Gasteiger partial charge in [-0.25, -0.2) is 4.98 Å². The van der Waals surface area contributed by atoms with Crippen molar-refractivity contribution in [2.45, 2.75) is 12.7 Å². The van der Waals surface area contributed by atoms with Gasteiger partial charge in [-0.05, 0) is 30.3 Å². The minimum Gasteiger partial charge on any atom is -0.346 e. The van der Waals surface area contributed by atoms with Crippen LogP contribution in [-0.2, 0) is 12.7 Å². The number of aromatic nitrogens is 2. The lowest BCUT2D eigenvalue weighted by Crippen LogP contribution is -2.23. The molecule has 23 heavy (non-hydrogen) atoms. The number of carbonyl (C=O) groups is 1. The molecule has 0 saturated heterocycles. The van der Waals surface area contributed by atoms with E-state index in [0.717, 1.165) is 17.8 Å². The number of pyridine rings is 1. The van der Waals surface area contributed by atoms with E-state index in [4.69, 9.17) is 0 Å². The van der Waals surface area contributed by atoms with Crippen molar-refractivity contribution in [3.8, 4) is 0 Å². The first-order valence-electron chi connectivity index (χ1n) is 6.81. The molecule has 1 amide bonds. The maximum atomic E-state index is 12.7. The maximum Gasteiger partial charge on any atom is 0.416 e. The molecule has 2 aromatic heterocycles. The first kappa shape index (κ1) is 15.1. The van der Waals surface area contributed by atoms with Gasteiger partial charge in [-0.2, -0.15) is 13.2 Å². The van der Waals surface area contributed by atoms with Crippen molar-refractivity contribution in [1.29, 1.82) is 0 Å². The number of imidazole rings is 1. The fourth-order valence-corrected chi connectivity index (χ4v) is 2.18. The number of nitrogens with one attached hydrogen (secondary N) is 1. The van der Waals surface area contributed by atoms with Crippen LogP contribution in [0.25, 0.3) is 5.65 Å². The van der Waals surface area contributed by atoms with Gasteiger partial charge < -0.3 is 9.72 Å². The van der Waals surface area contributed by atoms with Crippen LogP contribution < -0.4 is 5.32 Å². The minimum absolute atomic E-state index is 0.0383. The molecule has 1 N–H and O–H groups in total. The average molecular weight is 319 g/mol. The number of benzene rings is 1. The fraction of sp³-hybridized carbons (Fsp3) is 0.125. The van der Waals surface area contributed by atoms with Gasteiger partial charge in [0.15, 0.2) is 0 Å². The van der Waals surface area contributed by atoms with Gasteiger partial charge in [-0.1, -0.05) is 12.1 Å². The first-order valence-corrected chi connectivity index (χ1v) is 6.81. The number of amides is 1. The SMILES string of the molecule is O=C(NCc1cn2ccccc2n1)c1cccc(C(F)(F)F)c1. The Hall–Kier alpha value is -2.83. The highest BCUT2D eigenvalue weighted by Gasteiger charge is 2.30. The van der Waals surface area contributed by atoms with Crippen LogP contribution in [0.1, 0.15) is 21.6 Å². The summed E-state index contributed by atoms with van der Waals surface area (Å²) in [6.07, 6.45) is -0.903. The Morgan fingerprint density at radius 2 is 2.00 bits per heavy atom. The molecule has 0 saturated carbocycles. The number of hydrogen-bond donors (Lipinski definition) is 1. The zero-order valence-electron chi connectivity index (χ0n) is 11.8. The normalized spacial score (nSPS) is 11.6. The molecule has 4 nitrogen and oxygen atoms in total. The van der Waals surface area contributed by atoms with Crippen LogP contribution in [0.3, 0.4) is 0 Å². The predicted molar refractivity (Wildman–Crippen MR) is 77.8 cm³/mol. The highest BCUT2D eigenvalue weighted by atomic mass is 19.4. The van der Waals surface area contributed by atoms with E-state index in [1.807, 2.05) is 24.4 Å². The van der Waals surface area contributed by atoms with E-state index in [1.165, 1.54) is 12.1 Å². The largest absolute Gasteiger partial charge is 0.416 e. The van der Waals surface area contributed by atoms with Crippen LogP contribution >= 0.6 is 0 Å². The van der Waals surface area contributed by atoms with Crippen molar-refractivity contribution in [2.75, 3.05) is 0 Å². The molecule has 0 aliphatic carbocycles. The van der Waals surface area contributed by atoms with Gasteiger partial charge in [-0.15, -0.1) is 0 Å². The summed E-state index contributed by atoms with van der Waals surface area (Å²) in [6.45, 7) is 0.136. The molecule has 0 aliphatic heterocycles. The number of carbonyl (C=O) groups excluding carboxylic acids is 1. The van der Waals surface area contributed by atoms with E-state index in [1.54, 1.807) is 10.6 Å². The fourth-order valence-electron chi connectivity index (χ4n) is 2.18. The molecule has 0 unspecified atom stereocenters. The summed E-state index contributed by atoms with van der Waals surface area (Å²) in [5, 5.41) is 2.57. The van der Waals surface area contributed by atoms with Crippen molar-refractivity contribution in [3.05, 3.63) is 71.7 Å². The Bertz CT molecular complexity index is 822. The number of halogens is 3. The molecule has 3 aromatic rings. The summed E-state index contributed by atoms with van der Waals surface area (Å²) in [7, 11) is 0. The van der Waals surface area contributed by atoms with Crippen LogP contribution in [0.15, 0.2) is 54.9 Å². The van der Waals surface area contributed by atoms with E-state index in [2.05, 4.69) is 10.3 Å². The highest BCUT2D eigenvalue weighted by Crippen LogP contribution is 2.29. The molecule has 118 valence electrons. The lowest BCUT2D eigenvalue weighted by Gasteiger charge is -2.08. The number of hydrogen-bond acceptors (Lipinski definition) is 2. The number of nitrogens with zero attached hydrogens (tertiary/aromatic N) is 2. The van der Waals surface area contributed by atoms with E-state index < -0.39 is 17.6 Å². The Morgan fingerprint density at radius 1 is 1.17 bits per heavy atom. The molecule has 0 aliphatic rings. The van der Waals surface area contributed by atoms with Gasteiger partial charge in [0, 0.05) is 18.0 Å². The van der Waals surface area contributed by atoms with Crippen LogP contribution in [0.2, 0.25) is 0 Å². The number of alkyl halides is 3. The van der Waals surface area contributed by atoms with E-state index in [0.29, 0.717) is 5.69 Å². The van der Waals surface area contributed by atoms with Crippen molar-refractivity contribution in [2.24, 2.45) is 0 Å². The molecule has 3 rings (SSSR count). The number of rotatable bonds is 3. The van der Waals surface area contributed by atoms with Crippen LogP contribution in [-0.4, -0.2) is 15.3 Å². The standard InChI is InChI=1S/C16H12F3N3O/c17-16(18,19)12-5-3-4-11(8-12)15(23)20-9-13-10-22-7-2-1-6-14(22)21-13/h1-8,10H,9H2,(H,20,23). The lowest BCUT2D eigenvalue weighted by atomic mass is 10.1. The van der Waals surface area contributed by atoms with Crippen molar-refractivity contribution < 1.29 is 18.0 Å². The van der Waals surface area contributed by atoms with Gasteiger partial charge in [-0.3, -0.25) is 4.79 Å². The molecule has 1 aromatic carbocycles. The van der Waals surface area contributed by atoms with Crippen molar-refractivity contribution in [3.63, 3.8) is 0 Å². The van der Waals surface area contributed by atoms with Crippen molar-refractivity contribution >= 4 is 11.6 Å². The van der Waals surface area contributed by atoms with E-state index >= 15 is 0 Å². The summed E-state index contributed by atoms with van der Waals surface area (Å²) >= 11 is 0. The third-order valence-corrected chi connectivity index (χ3v) is 3.30. The van der Waals surface area contributed by atoms with Gasteiger partial charge in [0.05, 0.1) is 17.8 Å². The zero-order valence-corrected chi connectivity index (χ0v) is 11.8. The van der Waals surface area contributed by atoms with Crippen LogP contribution in [0.4, 0.5) is 13.2 Å². The highest BCUT2D eigenvalue weighted by molar-refractivity contribution is 5.94. The second-order valence-corrected chi connectivity index (χ2v) is 4.96. The Balaban J connectivity index is 1.72. The molecule has 7 heteroatoms. The molecule has 0 fully saturated rings. The van der Waals surface area contributed by atoms with Crippen LogP contribution in [0, 0.1) is 0 Å². The Morgan fingerprint density at radius 3 is 2.74 bits per heavy atom. The summed E-state index contributed by atoms with van der Waals surface area (Å²) in [4.78, 5) is 16.3. The first-order chi connectivity index (χ1) is 10.9. The van der Waals surface area contributed by atoms with Gasteiger partial charge in [0.1, 0.15) is 5.65 Å². The van der Waals surface area contributed by atoms with E-state index in [-0.39, 0.29) is 12.1 Å². The molecular formula is C16H12F3N3O. The quantitative estimate of drug-likeness (QED) is 0.805. The minimum atomic E-state index is -4.47. The lowest BCUT2D eigenvalue weighted by molar-refractivity contribution is -0.137. The van der Waals surface area contributed by atoms with Gasteiger partial charge >= 0.3 is 6.18 Å².